The molecular weight excluding hydrogens is 665 g/mol. The molecule has 1 aliphatic carbocycles. The lowest BCUT2D eigenvalue weighted by atomic mass is 9.82. The summed E-state index contributed by atoms with van der Waals surface area (Å²) in [6.45, 7) is 4.61. The maximum atomic E-state index is 5.14. The third-order valence-corrected chi connectivity index (χ3v) is 12.2. The van der Waals surface area contributed by atoms with Gasteiger partial charge in [-0.25, -0.2) is 15.0 Å². The first-order chi connectivity index (χ1) is 26.0. The van der Waals surface area contributed by atoms with Crippen LogP contribution in [0.5, 0.6) is 0 Å². The predicted octanol–water partition coefficient (Wildman–Crippen LogP) is 12.6. The second kappa shape index (κ2) is 11.3. The predicted molar refractivity (Wildman–Crippen MR) is 221 cm³/mol. The van der Waals surface area contributed by atoms with E-state index in [4.69, 9.17) is 15.0 Å². The molecule has 1 aliphatic rings. The van der Waals surface area contributed by atoms with Crippen molar-refractivity contribution in [3.63, 3.8) is 0 Å². The van der Waals surface area contributed by atoms with Crippen LogP contribution in [0.15, 0.2) is 158 Å². The summed E-state index contributed by atoms with van der Waals surface area (Å²) in [5.41, 5.74) is 11.5. The topological polar surface area (TPSA) is 43.6 Å². The highest BCUT2D eigenvalue weighted by molar-refractivity contribution is 7.25. The fourth-order valence-electron chi connectivity index (χ4n) is 8.42. The Hall–Kier alpha value is -6.43. The number of fused-ring (bicyclic) bond motifs is 9. The molecule has 0 radical (unpaired) electrons. The van der Waals surface area contributed by atoms with Crippen molar-refractivity contribution in [2.75, 3.05) is 0 Å². The van der Waals surface area contributed by atoms with E-state index in [2.05, 4.69) is 158 Å². The van der Waals surface area contributed by atoms with E-state index in [0.717, 1.165) is 22.4 Å². The van der Waals surface area contributed by atoms with Crippen LogP contribution in [0.25, 0.3) is 93.0 Å². The molecule has 0 unspecified atom stereocenters. The van der Waals surface area contributed by atoms with Gasteiger partial charge in [-0.05, 0) is 76.9 Å². The average molecular weight is 697 g/mol. The molecule has 0 atom stereocenters. The Morgan fingerprint density at radius 3 is 1.87 bits per heavy atom. The van der Waals surface area contributed by atoms with Gasteiger partial charge in [0.25, 0.3) is 0 Å². The van der Waals surface area contributed by atoms with E-state index >= 15 is 0 Å². The Morgan fingerprint density at radius 1 is 0.434 bits per heavy atom. The zero-order valence-electron chi connectivity index (χ0n) is 29.2. The molecule has 0 amide bonds. The van der Waals surface area contributed by atoms with Crippen molar-refractivity contribution in [3.05, 3.63) is 169 Å². The Balaban J connectivity index is 1.05. The van der Waals surface area contributed by atoms with Gasteiger partial charge in [-0.15, -0.1) is 11.3 Å². The van der Waals surface area contributed by atoms with Crippen LogP contribution in [0.1, 0.15) is 25.0 Å². The second-order valence-corrected chi connectivity index (χ2v) is 15.6. The number of hydrogen-bond acceptors (Lipinski definition) is 4. The van der Waals surface area contributed by atoms with Crippen LogP contribution in [0.3, 0.4) is 0 Å². The summed E-state index contributed by atoms with van der Waals surface area (Å²) in [6.07, 6.45) is 0. The summed E-state index contributed by atoms with van der Waals surface area (Å²) in [4.78, 5) is 15.3. The fraction of sp³-hybridized carbons (Fsp3) is 0.0625. The van der Waals surface area contributed by atoms with Crippen molar-refractivity contribution in [3.8, 4) is 51.0 Å². The van der Waals surface area contributed by atoms with Gasteiger partial charge in [0.1, 0.15) is 0 Å². The first-order valence-electron chi connectivity index (χ1n) is 18.0. The molecule has 0 bridgehead atoms. The second-order valence-electron chi connectivity index (χ2n) is 14.5. The van der Waals surface area contributed by atoms with Crippen molar-refractivity contribution in [1.29, 1.82) is 0 Å². The van der Waals surface area contributed by atoms with Gasteiger partial charge < -0.3 is 4.57 Å². The normalized spacial score (nSPS) is 13.2. The summed E-state index contributed by atoms with van der Waals surface area (Å²) >= 11 is 1.86. The first-order valence-corrected chi connectivity index (χ1v) is 18.8. The fourth-order valence-corrected chi connectivity index (χ4v) is 9.54. The number of thiophene rings is 1. The van der Waals surface area contributed by atoms with Crippen molar-refractivity contribution < 1.29 is 0 Å². The highest BCUT2D eigenvalue weighted by Crippen LogP contribution is 2.49. The third kappa shape index (κ3) is 4.57. The van der Waals surface area contributed by atoms with Crippen LogP contribution in [0.2, 0.25) is 0 Å². The molecule has 3 aromatic heterocycles. The number of para-hydroxylation sites is 1. The molecular formula is C48H32N4S. The molecule has 7 aromatic carbocycles. The Morgan fingerprint density at radius 2 is 1.06 bits per heavy atom. The molecule has 0 spiro atoms. The lowest BCUT2D eigenvalue weighted by Crippen LogP contribution is -2.15. The lowest BCUT2D eigenvalue weighted by Gasteiger charge is -2.21. The van der Waals surface area contributed by atoms with Crippen molar-refractivity contribution in [1.82, 2.24) is 19.5 Å². The van der Waals surface area contributed by atoms with Crippen LogP contribution < -0.4 is 0 Å². The van der Waals surface area contributed by atoms with E-state index in [1.807, 2.05) is 29.5 Å². The van der Waals surface area contributed by atoms with Gasteiger partial charge in [-0.3, -0.25) is 0 Å². The molecule has 11 rings (SSSR count). The van der Waals surface area contributed by atoms with E-state index in [9.17, 15) is 0 Å². The minimum atomic E-state index is -0.120. The molecule has 0 saturated heterocycles. The van der Waals surface area contributed by atoms with Gasteiger partial charge in [0.05, 0.1) is 11.0 Å². The van der Waals surface area contributed by atoms with Crippen LogP contribution >= 0.6 is 11.3 Å². The monoisotopic (exact) mass is 696 g/mol. The molecule has 0 N–H and O–H groups in total. The number of aromatic nitrogens is 4. The molecule has 53 heavy (non-hydrogen) atoms. The largest absolute Gasteiger partial charge is 0.309 e. The number of hydrogen-bond donors (Lipinski definition) is 0. The van der Waals surface area contributed by atoms with Gasteiger partial charge >= 0.3 is 0 Å². The van der Waals surface area contributed by atoms with Crippen molar-refractivity contribution in [2.45, 2.75) is 19.3 Å². The Bertz CT molecular complexity index is 3080. The minimum absolute atomic E-state index is 0.120. The number of benzene rings is 7. The molecule has 0 saturated carbocycles. The van der Waals surface area contributed by atoms with E-state index in [-0.39, 0.29) is 5.41 Å². The smallest absolute Gasteiger partial charge is 0.164 e. The van der Waals surface area contributed by atoms with E-state index in [1.165, 1.54) is 64.2 Å². The van der Waals surface area contributed by atoms with Crippen LogP contribution in [0.4, 0.5) is 0 Å². The summed E-state index contributed by atoms with van der Waals surface area (Å²) < 4.78 is 5.00. The maximum absolute atomic E-state index is 5.14. The van der Waals surface area contributed by atoms with Crippen LogP contribution in [0, 0.1) is 0 Å². The quantitative estimate of drug-likeness (QED) is 0.184. The van der Waals surface area contributed by atoms with Crippen molar-refractivity contribution >= 4 is 53.3 Å². The highest BCUT2D eigenvalue weighted by Gasteiger charge is 2.35. The molecule has 10 aromatic rings. The van der Waals surface area contributed by atoms with E-state index in [1.54, 1.807) is 0 Å². The Kier molecular flexibility index (Phi) is 6.43. The molecule has 0 fully saturated rings. The maximum Gasteiger partial charge on any atom is 0.164 e. The number of rotatable bonds is 4. The molecule has 4 nitrogen and oxygen atoms in total. The number of nitrogens with zero attached hydrogens (tertiary/aromatic N) is 4. The SMILES string of the molecule is CC1(C)c2ccccc2-c2ccc(-c3nc(-c4ccccc4)nc(-c4ccc(-n5c6ccccc6c6cc7c(cc65)sc5ccccc57)cc4)n3)cc21. The highest BCUT2D eigenvalue weighted by atomic mass is 32.1. The molecule has 3 heterocycles. The third-order valence-electron chi connectivity index (χ3n) is 11.1. The molecule has 250 valence electrons. The minimum Gasteiger partial charge on any atom is -0.309 e. The van der Waals surface area contributed by atoms with Crippen molar-refractivity contribution in [2.24, 2.45) is 0 Å². The van der Waals surface area contributed by atoms with Crippen LogP contribution in [-0.4, -0.2) is 19.5 Å². The van der Waals surface area contributed by atoms with E-state index in [0.29, 0.717) is 17.5 Å². The summed E-state index contributed by atoms with van der Waals surface area (Å²) in [7, 11) is 0. The van der Waals surface area contributed by atoms with Crippen LogP contribution in [-0.2, 0) is 5.41 Å². The van der Waals surface area contributed by atoms with Gasteiger partial charge in [-0.2, -0.15) is 0 Å². The average Bonchev–Trinajstić information content (AvgIpc) is 3.82. The summed E-state index contributed by atoms with van der Waals surface area (Å²) in [6, 6.07) is 56.4. The first kappa shape index (κ1) is 30.2. The van der Waals surface area contributed by atoms with Gasteiger partial charge in [0.15, 0.2) is 17.5 Å². The van der Waals surface area contributed by atoms with E-state index < -0.39 is 0 Å². The lowest BCUT2D eigenvalue weighted by molar-refractivity contribution is 0.660. The molecule has 0 aliphatic heterocycles. The standard InChI is InChI=1S/C48H32N4S/c1-48(2)39-17-9-6-14-33(39)34-25-22-31(26-40(34)48)47-50-45(29-12-4-3-5-13-29)49-46(51-47)30-20-23-32(24-21-30)52-41-18-10-7-15-35(41)37-27-38-36-16-8-11-19-43(36)53-44(38)28-42(37)52/h3-28H,1-2H3. The molecule has 5 heteroatoms. The Labute approximate surface area is 310 Å². The van der Waals surface area contributed by atoms with Gasteiger partial charge in [0.2, 0.25) is 0 Å². The van der Waals surface area contributed by atoms with Gasteiger partial charge in [0, 0.05) is 58.7 Å². The van der Waals surface area contributed by atoms with Gasteiger partial charge in [-0.1, -0.05) is 117 Å². The zero-order chi connectivity index (χ0) is 35.3. The summed E-state index contributed by atoms with van der Waals surface area (Å²) in [5, 5.41) is 5.14. The summed E-state index contributed by atoms with van der Waals surface area (Å²) in [5.74, 6) is 1.98. The zero-order valence-corrected chi connectivity index (χ0v) is 30.0.